The van der Waals surface area contributed by atoms with Crippen LogP contribution in [0.5, 0.6) is 0 Å². The van der Waals surface area contributed by atoms with Crippen LogP contribution in [-0.2, 0) is 0 Å². The number of pyridine rings is 2. The molecule has 2 aromatic heterocycles. The van der Waals surface area contributed by atoms with Crippen molar-refractivity contribution in [2.24, 2.45) is 0 Å². The van der Waals surface area contributed by atoms with E-state index in [0.717, 1.165) is 33.9 Å². The lowest BCUT2D eigenvalue weighted by molar-refractivity contribution is 1.20. The molecule has 2 heterocycles. The maximum Gasteiger partial charge on any atom is 0.0705 e. The molecule has 2 nitrogen and oxygen atoms in total. The van der Waals surface area contributed by atoms with Gasteiger partial charge >= 0.3 is 0 Å². The average Bonchev–Trinajstić information content (AvgIpc) is 2.47. The van der Waals surface area contributed by atoms with Crippen LogP contribution in [0.25, 0.3) is 22.5 Å². The van der Waals surface area contributed by atoms with Gasteiger partial charge in [-0.05, 0) is 44.2 Å². The summed E-state index contributed by atoms with van der Waals surface area (Å²) in [7, 11) is 0. The summed E-state index contributed by atoms with van der Waals surface area (Å²) in [6, 6.07) is 20.5. The normalized spacial score (nSPS) is 10.5. The molecule has 98 valence electrons. The molecule has 0 saturated heterocycles. The summed E-state index contributed by atoms with van der Waals surface area (Å²) in [4.78, 5) is 9.15. The van der Waals surface area contributed by atoms with Gasteiger partial charge in [0.1, 0.15) is 0 Å². The van der Waals surface area contributed by atoms with Gasteiger partial charge in [0.15, 0.2) is 0 Å². The van der Waals surface area contributed by atoms with Crippen molar-refractivity contribution in [1.82, 2.24) is 9.97 Å². The minimum atomic E-state index is 1.000. The van der Waals surface area contributed by atoms with Crippen molar-refractivity contribution in [3.05, 3.63) is 72.1 Å². The van der Waals surface area contributed by atoms with Crippen molar-refractivity contribution in [3.63, 3.8) is 0 Å². The Morgan fingerprint density at radius 2 is 1.05 bits per heavy atom. The molecule has 0 radical (unpaired) electrons. The lowest BCUT2D eigenvalue weighted by Gasteiger charge is -2.06. The van der Waals surface area contributed by atoms with Crippen LogP contribution >= 0.6 is 0 Å². The first-order valence-corrected chi connectivity index (χ1v) is 6.70. The summed E-state index contributed by atoms with van der Waals surface area (Å²) >= 11 is 0. The maximum atomic E-state index is 4.58. The van der Waals surface area contributed by atoms with Gasteiger partial charge in [0.2, 0.25) is 0 Å². The second kappa shape index (κ2) is 5.25. The van der Waals surface area contributed by atoms with Crippen LogP contribution in [0.3, 0.4) is 0 Å². The van der Waals surface area contributed by atoms with Gasteiger partial charge in [-0.3, -0.25) is 9.97 Å². The molecule has 1 aromatic carbocycles. The van der Waals surface area contributed by atoms with E-state index < -0.39 is 0 Å². The number of rotatable bonds is 2. The van der Waals surface area contributed by atoms with Gasteiger partial charge < -0.3 is 0 Å². The van der Waals surface area contributed by atoms with Crippen molar-refractivity contribution in [2.75, 3.05) is 0 Å². The molecule has 0 fully saturated rings. The predicted octanol–water partition coefficient (Wildman–Crippen LogP) is 4.43. The number of aryl methyl sites for hydroxylation is 2. The van der Waals surface area contributed by atoms with Gasteiger partial charge in [-0.15, -0.1) is 0 Å². The summed E-state index contributed by atoms with van der Waals surface area (Å²) in [5.41, 5.74) is 6.30. The molecule has 0 aliphatic rings. The van der Waals surface area contributed by atoms with Crippen molar-refractivity contribution < 1.29 is 0 Å². The number of aromatic nitrogens is 2. The van der Waals surface area contributed by atoms with E-state index in [1.807, 2.05) is 50.2 Å². The van der Waals surface area contributed by atoms with Crippen LogP contribution in [0.1, 0.15) is 11.4 Å². The summed E-state index contributed by atoms with van der Waals surface area (Å²) in [5, 5.41) is 0. The van der Waals surface area contributed by atoms with Crippen molar-refractivity contribution in [1.29, 1.82) is 0 Å². The minimum Gasteiger partial charge on any atom is -0.253 e. The lowest BCUT2D eigenvalue weighted by Crippen LogP contribution is -1.89. The van der Waals surface area contributed by atoms with Gasteiger partial charge in [0.05, 0.1) is 11.4 Å². The van der Waals surface area contributed by atoms with Crippen LogP contribution < -0.4 is 0 Å². The van der Waals surface area contributed by atoms with Gasteiger partial charge in [0, 0.05) is 22.5 Å². The zero-order chi connectivity index (χ0) is 13.9. The van der Waals surface area contributed by atoms with Crippen molar-refractivity contribution >= 4 is 0 Å². The second-order valence-electron chi connectivity index (χ2n) is 4.91. The molecule has 0 atom stereocenters. The van der Waals surface area contributed by atoms with Gasteiger partial charge in [-0.2, -0.15) is 0 Å². The average molecular weight is 260 g/mol. The van der Waals surface area contributed by atoms with E-state index in [4.69, 9.17) is 0 Å². The molecule has 0 unspecified atom stereocenters. The molecule has 0 N–H and O–H groups in total. The Bertz CT molecular complexity index is 687. The third kappa shape index (κ3) is 2.59. The summed E-state index contributed by atoms with van der Waals surface area (Å²) < 4.78 is 0. The number of nitrogens with zero attached hydrogens (tertiary/aromatic N) is 2. The Balaban J connectivity index is 2.06. The molecule has 3 rings (SSSR count). The second-order valence-corrected chi connectivity index (χ2v) is 4.91. The SMILES string of the molecule is Cc1cccc(-c2cccc(-c3cccc(C)n3)c2)n1. The highest BCUT2D eigenvalue weighted by Crippen LogP contribution is 2.24. The van der Waals surface area contributed by atoms with Crippen molar-refractivity contribution in [3.8, 4) is 22.5 Å². The lowest BCUT2D eigenvalue weighted by atomic mass is 10.0. The molecule has 0 spiro atoms. The Morgan fingerprint density at radius 3 is 1.50 bits per heavy atom. The summed E-state index contributed by atoms with van der Waals surface area (Å²) in [6.07, 6.45) is 0. The van der Waals surface area contributed by atoms with Crippen LogP contribution in [0.15, 0.2) is 60.7 Å². The van der Waals surface area contributed by atoms with Gasteiger partial charge in [-0.25, -0.2) is 0 Å². The third-order valence-electron chi connectivity index (χ3n) is 3.23. The number of hydrogen-bond acceptors (Lipinski definition) is 2. The Kier molecular flexibility index (Phi) is 3.30. The Hall–Kier alpha value is -2.48. The molecule has 0 amide bonds. The maximum absolute atomic E-state index is 4.58. The smallest absolute Gasteiger partial charge is 0.0705 e. The predicted molar refractivity (Wildman–Crippen MR) is 82.4 cm³/mol. The summed E-state index contributed by atoms with van der Waals surface area (Å²) in [5.74, 6) is 0. The fourth-order valence-corrected chi connectivity index (χ4v) is 2.25. The molecule has 0 aliphatic heterocycles. The molecule has 0 saturated carbocycles. The number of hydrogen-bond donors (Lipinski definition) is 0. The van der Waals surface area contributed by atoms with E-state index in [1.165, 1.54) is 0 Å². The zero-order valence-corrected chi connectivity index (χ0v) is 11.7. The van der Waals surface area contributed by atoms with Crippen LogP contribution in [0.4, 0.5) is 0 Å². The fraction of sp³-hybridized carbons (Fsp3) is 0.111. The van der Waals surface area contributed by atoms with E-state index in [-0.39, 0.29) is 0 Å². The zero-order valence-electron chi connectivity index (χ0n) is 11.7. The van der Waals surface area contributed by atoms with Crippen LogP contribution in [0, 0.1) is 13.8 Å². The quantitative estimate of drug-likeness (QED) is 0.681. The molecule has 0 aliphatic carbocycles. The standard InChI is InChI=1S/C18H16N2/c1-13-6-3-10-17(19-13)15-8-5-9-16(12-15)18-11-4-7-14(2)20-18/h3-12H,1-2H3. The monoisotopic (exact) mass is 260 g/mol. The molecule has 2 heteroatoms. The van der Waals surface area contributed by atoms with Gasteiger partial charge in [-0.1, -0.05) is 30.3 Å². The molecule has 20 heavy (non-hydrogen) atoms. The topological polar surface area (TPSA) is 25.8 Å². The van der Waals surface area contributed by atoms with E-state index >= 15 is 0 Å². The van der Waals surface area contributed by atoms with E-state index in [0.29, 0.717) is 0 Å². The first-order valence-electron chi connectivity index (χ1n) is 6.70. The molecule has 0 bridgehead atoms. The van der Waals surface area contributed by atoms with Crippen LogP contribution in [0.2, 0.25) is 0 Å². The number of benzene rings is 1. The van der Waals surface area contributed by atoms with E-state index in [2.05, 4.69) is 34.2 Å². The highest BCUT2D eigenvalue weighted by molar-refractivity contribution is 5.69. The minimum absolute atomic E-state index is 1.000. The largest absolute Gasteiger partial charge is 0.253 e. The van der Waals surface area contributed by atoms with E-state index in [9.17, 15) is 0 Å². The highest BCUT2D eigenvalue weighted by Gasteiger charge is 2.04. The molecular weight excluding hydrogens is 244 g/mol. The van der Waals surface area contributed by atoms with Crippen molar-refractivity contribution in [2.45, 2.75) is 13.8 Å². The van der Waals surface area contributed by atoms with Crippen LogP contribution in [-0.4, -0.2) is 9.97 Å². The first-order chi connectivity index (χ1) is 9.72. The first kappa shape index (κ1) is 12.5. The fourth-order valence-electron chi connectivity index (χ4n) is 2.25. The van der Waals surface area contributed by atoms with Gasteiger partial charge in [0.25, 0.3) is 0 Å². The third-order valence-corrected chi connectivity index (χ3v) is 3.23. The Labute approximate surface area is 119 Å². The Morgan fingerprint density at radius 1 is 0.600 bits per heavy atom. The van der Waals surface area contributed by atoms with E-state index in [1.54, 1.807) is 0 Å². The molecule has 3 aromatic rings. The molecular formula is C18H16N2. The summed E-state index contributed by atoms with van der Waals surface area (Å²) in [6.45, 7) is 4.02. The highest BCUT2D eigenvalue weighted by atomic mass is 14.7.